The van der Waals surface area contributed by atoms with Crippen LogP contribution in [-0.4, -0.2) is 28.9 Å². The van der Waals surface area contributed by atoms with E-state index < -0.39 is 0 Å². The first-order valence-electron chi connectivity index (χ1n) is 9.28. The van der Waals surface area contributed by atoms with E-state index in [0.717, 1.165) is 25.1 Å². The van der Waals surface area contributed by atoms with Crippen LogP contribution in [0.15, 0.2) is 42.2 Å². The van der Waals surface area contributed by atoms with Crippen LogP contribution in [0.5, 0.6) is 11.5 Å². The molecule has 2 aliphatic heterocycles. The molecule has 5 heteroatoms. The summed E-state index contributed by atoms with van der Waals surface area (Å²) >= 11 is 5.92. The van der Waals surface area contributed by atoms with Crippen molar-refractivity contribution in [2.24, 2.45) is 5.92 Å². The van der Waals surface area contributed by atoms with E-state index in [9.17, 15) is 9.90 Å². The minimum absolute atomic E-state index is 0.159. The third kappa shape index (κ3) is 3.73. The number of phenolic OH excluding ortho intramolecular Hbond substituents is 1. The maximum absolute atomic E-state index is 12.8. The molecule has 0 radical (unpaired) electrons. The lowest BCUT2D eigenvalue weighted by Gasteiger charge is -2.31. The number of carbonyl (C=O) groups excluding carboxylic acids is 1. The van der Waals surface area contributed by atoms with E-state index in [1.807, 2.05) is 12.1 Å². The number of ketones is 1. The van der Waals surface area contributed by atoms with Crippen molar-refractivity contribution >= 4 is 23.5 Å². The Morgan fingerprint density at radius 3 is 2.78 bits per heavy atom. The standard InChI is InChI=1S/C22H22ClNO3/c1-14-3-2-10-24(12-14)13-18-19(25)9-8-17-21(26)20(27-22(17)18)11-15-4-6-16(23)7-5-15/h4-9,11,14,25H,2-3,10,12-13H2,1H3/b20-11-/t14-/m1/s1. The smallest absolute Gasteiger partial charge is 0.231 e. The van der Waals surface area contributed by atoms with Gasteiger partial charge in [0, 0.05) is 18.1 Å². The molecule has 4 rings (SSSR count). The van der Waals surface area contributed by atoms with Crippen molar-refractivity contribution in [3.05, 3.63) is 63.9 Å². The largest absolute Gasteiger partial charge is 0.507 e. The average Bonchev–Trinajstić information content (AvgIpc) is 2.96. The molecule has 0 aliphatic carbocycles. The van der Waals surface area contributed by atoms with Crippen LogP contribution in [0.3, 0.4) is 0 Å². The fourth-order valence-electron chi connectivity index (χ4n) is 3.81. The number of allylic oxidation sites excluding steroid dienone is 1. The van der Waals surface area contributed by atoms with E-state index in [2.05, 4.69) is 11.8 Å². The number of hydrogen-bond donors (Lipinski definition) is 1. The Bertz CT molecular complexity index is 905. The van der Waals surface area contributed by atoms with Crippen LogP contribution in [0.4, 0.5) is 0 Å². The monoisotopic (exact) mass is 383 g/mol. The lowest BCUT2D eigenvalue weighted by molar-refractivity contribution is 0.101. The molecule has 2 aliphatic rings. The van der Waals surface area contributed by atoms with Crippen LogP contribution in [-0.2, 0) is 6.54 Å². The second-order valence-corrected chi connectivity index (χ2v) is 7.85. The van der Waals surface area contributed by atoms with Gasteiger partial charge in [-0.25, -0.2) is 0 Å². The molecule has 0 bridgehead atoms. The van der Waals surface area contributed by atoms with E-state index in [1.165, 1.54) is 6.42 Å². The normalized spacial score (nSPS) is 21.3. The Kier molecular flexibility index (Phi) is 4.94. The predicted octanol–water partition coefficient (Wildman–Crippen LogP) is 4.89. The van der Waals surface area contributed by atoms with Crippen LogP contribution in [0.1, 0.15) is 41.3 Å². The van der Waals surface area contributed by atoms with Gasteiger partial charge < -0.3 is 9.84 Å². The first kappa shape index (κ1) is 18.1. The van der Waals surface area contributed by atoms with Crippen molar-refractivity contribution in [2.75, 3.05) is 13.1 Å². The van der Waals surface area contributed by atoms with Gasteiger partial charge in [0.2, 0.25) is 5.78 Å². The maximum Gasteiger partial charge on any atom is 0.231 e. The van der Waals surface area contributed by atoms with Gasteiger partial charge in [-0.1, -0.05) is 30.7 Å². The van der Waals surface area contributed by atoms with E-state index in [4.69, 9.17) is 16.3 Å². The van der Waals surface area contributed by atoms with Gasteiger partial charge in [-0.2, -0.15) is 0 Å². The SMILES string of the molecule is C[C@@H]1CCCN(Cc2c(O)ccc3c2O/C(=C\c2ccc(Cl)cc2)C3=O)C1. The summed E-state index contributed by atoms with van der Waals surface area (Å²) in [6, 6.07) is 10.4. The molecule has 1 atom stereocenters. The third-order valence-electron chi connectivity index (χ3n) is 5.21. The zero-order valence-electron chi connectivity index (χ0n) is 15.2. The van der Waals surface area contributed by atoms with Crippen LogP contribution in [0.2, 0.25) is 5.02 Å². The van der Waals surface area contributed by atoms with Crippen LogP contribution in [0, 0.1) is 5.92 Å². The number of hydrogen-bond acceptors (Lipinski definition) is 4. The predicted molar refractivity (Wildman–Crippen MR) is 106 cm³/mol. The van der Waals surface area contributed by atoms with Crippen molar-refractivity contribution in [3.8, 4) is 11.5 Å². The Morgan fingerprint density at radius 2 is 2.04 bits per heavy atom. The van der Waals surface area contributed by atoms with Crippen molar-refractivity contribution in [2.45, 2.75) is 26.3 Å². The van der Waals surface area contributed by atoms with Gasteiger partial charge in [-0.05, 0) is 61.2 Å². The molecule has 2 aromatic rings. The average molecular weight is 384 g/mol. The van der Waals surface area contributed by atoms with Crippen molar-refractivity contribution in [3.63, 3.8) is 0 Å². The molecule has 27 heavy (non-hydrogen) atoms. The molecule has 1 N–H and O–H groups in total. The Morgan fingerprint density at radius 1 is 1.26 bits per heavy atom. The number of ether oxygens (including phenoxy) is 1. The van der Waals surface area contributed by atoms with Crippen molar-refractivity contribution < 1.29 is 14.6 Å². The zero-order valence-corrected chi connectivity index (χ0v) is 16.0. The first-order valence-corrected chi connectivity index (χ1v) is 9.66. The molecule has 0 amide bonds. The van der Waals surface area contributed by atoms with Gasteiger partial charge in [0.1, 0.15) is 11.5 Å². The minimum Gasteiger partial charge on any atom is -0.507 e. The molecule has 0 saturated carbocycles. The number of phenols is 1. The Balaban J connectivity index is 1.63. The summed E-state index contributed by atoms with van der Waals surface area (Å²) in [4.78, 5) is 15.1. The van der Waals surface area contributed by atoms with E-state index in [-0.39, 0.29) is 17.3 Å². The highest BCUT2D eigenvalue weighted by Gasteiger charge is 2.32. The molecular weight excluding hydrogens is 362 g/mol. The summed E-state index contributed by atoms with van der Waals surface area (Å²) < 4.78 is 5.93. The molecule has 140 valence electrons. The summed E-state index contributed by atoms with van der Waals surface area (Å²) in [5.41, 5.74) is 2.04. The maximum atomic E-state index is 12.8. The van der Waals surface area contributed by atoms with Gasteiger partial charge in [-0.15, -0.1) is 0 Å². The highest BCUT2D eigenvalue weighted by molar-refractivity contribution is 6.30. The molecule has 0 spiro atoms. The van der Waals surface area contributed by atoms with Gasteiger partial charge >= 0.3 is 0 Å². The molecule has 1 saturated heterocycles. The highest BCUT2D eigenvalue weighted by atomic mass is 35.5. The summed E-state index contributed by atoms with van der Waals surface area (Å²) in [5, 5.41) is 11.1. The van der Waals surface area contributed by atoms with Crippen molar-refractivity contribution in [1.82, 2.24) is 4.90 Å². The molecule has 2 heterocycles. The van der Waals surface area contributed by atoms with E-state index >= 15 is 0 Å². The molecule has 4 nitrogen and oxygen atoms in total. The van der Waals surface area contributed by atoms with Gasteiger partial charge in [-0.3, -0.25) is 9.69 Å². The lowest BCUT2D eigenvalue weighted by atomic mass is 9.99. The summed E-state index contributed by atoms with van der Waals surface area (Å²) in [7, 11) is 0. The number of Topliss-reactive ketones (excluding diaryl/α,β-unsaturated/α-hetero) is 1. The minimum atomic E-state index is -0.159. The number of piperidine rings is 1. The lowest BCUT2D eigenvalue weighted by Crippen LogP contribution is -2.33. The number of fused-ring (bicyclic) bond motifs is 1. The second kappa shape index (κ2) is 7.37. The topological polar surface area (TPSA) is 49.8 Å². The van der Waals surface area contributed by atoms with Crippen LogP contribution in [0.25, 0.3) is 6.08 Å². The number of halogens is 1. The molecule has 0 unspecified atom stereocenters. The number of aromatic hydroxyl groups is 1. The molecule has 1 fully saturated rings. The zero-order chi connectivity index (χ0) is 19.0. The number of benzene rings is 2. The summed E-state index contributed by atoms with van der Waals surface area (Å²) in [6.45, 7) is 4.81. The second-order valence-electron chi connectivity index (χ2n) is 7.41. The number of rotatable bonds is 3. The molecule has 0 aromatic heterocycles. The fourth-order valence-corrected chi connectivity index (χ4v) is 3.94. The van der Waals surface area contributed by atoms with E-state index in [0.29, 0.717) is 34.4 Å². The number of nitrogens with zero attached hydrogens (tertiary/aromatic N) is 1. The summed E-state index contributed by atoms with van der Waals surface area (Å²) in [6.07, 6.45) is 4.10. The van der Waals surface area contributed by atoms with Crippen molar-refractivity contribution in [1.29, 1.82) is 0 Å². The molecule has 2 aromatic carbocycles. The van der Waals surface area contributed by atoms with Gasteiger partial charge in [0.15, 0.2) is 5.76 Å². The quantitative estimate of drug-likeness (QED) is 0.766. The van der Waals surface area contributed by atoms with Crippen LogP contribution < -0.4 is 4.74 Å². The van der Waals surface area contributed by atoms with Gasteiger partial charge in [0.05, 0.1) is 11.1 Å². The van der Waals surface area contributed by atoms with Gasteiger partial charge in [0.25, 0.3) is 0 Å². The van der Waals surface area contributed by atoms with Crippen LogP contribution >= 0.6 is 11.6 Å². The Labute approximate surface area is 164 Å². The number of carbonyl (C=O) groups is 1. The Hall–Kier alpha value is -2.30. The molecular formula is C22H22ClNO3. The number of likely N-dealkylation sites (tertiary alicyclic amines) is 1. The fraction of sp³-hybridized carbons (Fsp3) is 0.318. The first-order chi connectivity index (χ1) is 13.0. The summed E-state index contributed by atoms with van der Waals surface area (Å²) in [5.74, 6) is 1.41. The highest BCUT2D eigenvalue weighted by Crippen LogP contribution is 2.40. The third-order valence-corrected chi connectivity index (χ3v) is 5.46. The van der Waals surface area contributed by atoms with E-state index in [1.54, 1.807) is 30.3 Å².